The van der Waals surface area contributed by atoms with Gasteiger partial charge in [-0.2, -0.15) is 0 Å². The molecule has 3 N–H and O–H groups in total. The Labute approximate surface area is 319 Å². The fourth-order valence-electron chi connectivity index (χ4n) is 8.26. The maximum Gasteiger partial charge on any atom is 0.245 e. The first-order valence-electron chi connectivity index (χ1n) is 20.0. The minimum Gasteiger partial charge on any atom is -0.379 e. The van der Waals surface area contributed by atoms with Crippen LogP contribution in [0.4, 0.5) is 0 Å². The van der Waals surface area contributed by atoms with Crippen molar-refractivity contribution in [3.05, 3.63) is 35.9 Å². The van der Waals surface area contributed by atoms with Gasteiger partial charge < -0.3 is 35.2 Å². The van der Waals surface area contributed by atoms with Crippen LogP contribution in [-0.4, -0.2) is 135 Å². The van der Waals surface area contributed by atoms with E-state index in [9.17, 15) is 19.2 Å². The first-order valence-corrected chi connectivity index (χ1v) is 20.0. The van der Waals surface area contributed by atoms with Gasteiger partial charge in [0.1, 0.15) is 6.04 Å². The molecule has 4 amide bonds. The van der Waals surface area contributed by atoms with Crippen LogP contribution in [0, 0.1) is 23.7 Å². The van der Waals surface area contributed by atoms with Gasteiger partial charge in [-0.25, -0.2) is 0 Å². The Kier molecular flexibility index (Phi) is 18.2. The van der Waals surface area contributed by atoms with Crippen molar-refractivity contribution in [3.8, 4) is 0 Å². The maximum absolute atomic E-state index is 14.4. The highest BCUT2D eigenvalue weighted by molar-refractivity contribution is 5.90. The quantitative estimate of drug-likeness (QED) is 0.186. The smallest absolute Gasteiger partial charge is 0.245 e. The molecule has 2 fully saturated rings. The second kappa shape index (κ2) is 21.7. The monoisotopic (exact) mass is 743 g/mol. The highest BCUT2D eigenvalue weighted by Gasteiger charge is 2.43. The van der Waals surface area contributed by atoms with Crippen LogP contribution < -0.4 is 16.0 Å². The largest absolute Gasteiger partial charge is 0.379 e. The summed E-state index contributed by atoms with van der Waals surface area (Å²) in [6.45, 7) is 18.3. The molecule has 12 nitrogen and oxygen atoms in total. The third-order valence-corrected chi connectivity index (χ3v) is 11.5. The number of ether oxygens (including phenoxy) is 2. The minimum absolute atomic E-state index is 0.00942. The van der Waals surface area contributed by atoms with Crippen LogP contribution in [-0.2, 0) is 35.1 Å². The molecule has 0 aliphatic carbocycles. The maximum atomic E-state index is 14.4. The number of nitrogens with one attached hydrogen (secondary N) is 3. The van der Waals surface area contributed by atoms with Crippen molar-refractivity contribution in [1.29, 1.82) is 0 Å². The summed E-state index contributed by atoms with van der Waals surface area (Å²) in [5.41, 5.74) is 1.15. The topological polar surface area (TPSA) is 133 Å². The number of amides is 4. The zero-order chi connectivity index (χ0) is 39.2. The molecule has 0 spiro atoms. The fraction of sp³-hybridized carbons (Fsp3) is 0.756. The first kappa shape index (κ1) is 44.3. The van der Waals surface area contributed by atoms with Crippen molar-refractivity contribution in [1.82, 2.24) is 30.7 Å². The Morgan fingerprint density at radius 2 is 1.58 bits per heavy atom. The van der Waals surface area contributed by atoms with E-state index in [1.54, 1.807) is 26.2 Å². The van der Waals surface area contributed by atoms with Gasteiger partial charge >= 0.3 is 0 Å². The number of methoxy groups -OCH3 is 2. The van der Waals surface area contributed by atoms with Crippen molar-refractivity contribution in [2.24, 2.45) is 23.7 Å². The number of benzene rings is 1. The van der Waals surface area contributed by atoms with E-state index in [0.29, 0.717) is 13.1 Å². The molecular weight excluding hydrogens is 672 g/mol. The number of rotatable bonds is 20. The molecule has 53 heavy (non-hydrogen) atoms. The summed E-state index contributed by atoms with van der Waals surface area (Å²) in [5, 5.41) is 9.55. The molecule has 1 unspecified atom stereocenters. The predicted molar refractivity (Wildman–Crippen MR) is 209 cm³/mol. The van der Waals surface area contributed by atoms with Gasteiger partial charge in [-0.3, -0.25) is 24.1 Å². The van der Waals surface area contributed by atoms with E-state index in [2.05, 4.69) is 34.7 Å². The van der Waals surface area contributed by atoms with Gasteiger partial charge in [0.05, 0.1) is 42.7 Å². The summed E-state index contributed by atoms with van der Waals surface area (Å²) in [7, 11) is 4.97. The van der Waals surface area contributed by atoms with Crippen molar-refractivity contribution < 1.29 is 28.7 Å². The second-order valence-corrected chi connectivity index (χ2v) is 15.8. The molecule has 0 aromatic heterocycles. The number of piperazine rings is 1. The van der Waals surface area contributed by atoms with Gasteiger partial charge in [-0.1, -0.05) is 85.2 Å². The van der Waals surface area contributed by atoms with Crippen molar-refractivity contribution >= 4 is 23.6 Å². The van der Waals surface area contributed by atoms with E-state index in [4.69, 9.17) is 9.47 Å². The summed E-state index contributed by atoms with van der Waals surface area (Å²) in [5.74, 6) is -1.04. The highest BCUT2D eigenvalue weighted by atomic mass is 16.5. The molecule has 2 saturated heterocycles. The number of hydrogen-bond donors (Lipinski definition) is 3. The average Bonchev–Trinajstić information content (AvgIpc) is 3.63. The van der Waals surface area contributed by atoms with Crippen LogP contribution in [0.2, 0.25) is 0 Å². The van der Waals surface area contributed by atoms with Crippen LogP contribution in [0.25, 0.3) is 0 Å². The molecule has 3 rings (SSSR count). The Morgan fingerprint density at radius 3 is 2.15 bits per heavy atom. The molecule has 300 valence electrons. The van der Waals surface area contributed by atoms with E-state index in [1.807, 2.05) is 69.9 Å². The molecule has 8 atom stereocenters. The lowest BCUT2D eigenvalue weighted by atomic mass is 9.89. The standard InChI is InChI=1S/C41H70N6O6/c1-11-29(6)37(45(8)41(51)35(27(2)3)44-40(50)36(28(4)5)46-24-21-42-22-25-46)33(52-9)26-34(48)47-23-15-18-32(47)38(53-10)30(7)39(49)43-20-19-31-16-13-12-14-17-31/h12-14,16-17,27-30,32-33,35-38,42H,11,15,18-26H2,1-10H3,(H,43,49)(H,44,50)/t29-,30+,32-,33?,35-,36-,37-,38+/m0/s1. The molecule has 12 heteroatoms. The Hall–Kier alpha value is -3.06. The Morgan fingerprint density at radius 1 is 0.925 bits per heavy atom. The molecule has 2 aliphatic heterocycles. The number of likely N-dealkylation sites (N-methyl/N-ethyl adjacent to an activating group) is 1. The predicted octanol–water partition coefficient (Wildman–Crippen LogP) is 3.34. The Balaban J connectivity index is 1.73. The third-order valence-electron chi connectivity index (χ3n) is 11.5. The lowest BCUT2D eigenvalue weighted by Crippen LogP contribution is -2.61. The molecule has 2 aliphatic rings. The van der Waals surface area contributed by atoms with Crippen LogP contribution in [0.1, 0.15) is 79.7 Å². The highest BCUT2D eigenvalue weighted by Crippen LogP contribution is 2.29. The lowest BCUT2D eigenvalue weighted by molar-refractivity contribution is -0.148. The normalized spacial score (nSPS) is 20.7. The van der Waals surface area contributed by atoms with Crippen molar-refractivity contribution in [3.63, 3.8) is 0 Å². The van der Waals surface area contributed by atoms with Crippen molar-refractivity contribution in [2.45, 2.75) is 117 Å². The molecule has 0 saturated carbocycles. The average molecular weight is 743 g/mol. The van der Waals surface area contributed by atoms with E-state index in [1.165, 1.54) is 0 Å². The summed E-state index contributed by atoms with van der Waals surface area (Å²) < 4.78 is 12.0. The van der Waals surface area contributed by atoms with Gasteiger partial charge in [0, 0.05) is 60.5 Å². The van der Waals surface area contributed by atoms with Crippen LogP contribution >= 0.6 is 0 Å². The molecule has 1 aromatic carbocycles. The fourth-order valence-corrected chi connectivity index (χ4v) is 8.26. The molecule has 0 radical (unpaired) electrons. The molecule has 2 heterocycles. The van der Waals surface area contributed by atoms with Crippen LogP contribution in [0.5, 0.6) is 0 Å². The van der Waals surface area contributed by atoms with Gasteiger partial charge in [0.2, 0.25) is 23.6 Å². The van der Waals surface area contributed by atoms with E-state index >= 15 is 0 Å². The van der Waals surface area contributed by atoms with E-state index < -0.39 is 30.2 Å². The van der Waals surface area contributed by atoms with Crippen LogP contribution in [0.3, 0.4) is 0 Å². The second-order valence-electron chi connectivity index (χ2n) is 15.8. The molecule has 1 aromatic rings. The lowest BCUT2D eigenvalue weighted by Gasteiger charge is -2.41. The van der Waals surface area contributed by atoms with Gasteiger partial charge in [0.15, 0.2) is 0 Å². The first-order chi connectivity index (χ1) is 25.3. The van der Waals surface area contributed by atoms with Gasteiger partial charge in [0.25, 0.3) is 0 Å². The summed E-state index contributed by atoms with van der Waals surface area (Å²) in [4.78, 5) is 61.4. The Bertz CT molecular complexity index is 1290. The SMILES string of the molecule is CC[C@H](C)[C@@H](C(CC(=O)N1CCC[C@H]1[C@H](OC)[C@@H](C)C(=O)NCCc1ccccc1)OC)N(C)C(=O)[C@@H](NC(=O)[C@H](C(C)C)N1CCNCC1)C(C)C. The summed E-state index contributed by atoms with van der Waals surface area (Å²) in [6, 6.07) is 8.29. The number of carbonyl (C=O) groups is 4. The zero-order valence-electron chi connectivity index (χ0n) is 34.2. The number of nitrogens with zero attached hydrogens (tertiary/aromatic N) is 3. The molecular formula is C41H70N6O6. The van der Waals surface area contributed by atoms with E-state index in [0.717, 1.165) is 57.4 Å². The minimum atomic E-state index is -0.734. The van der Waals surface area contributed by atoms with Crippen LogP contribution in [0.15, 0.2) is 30.3 Å². The number of carbonyl (C=O) groups excluding carboxylic acids is 4. The van der Waals surface area contributed by atoms with Gasteiger partial charge in [-0.15, -0.1) is 0 Å². The number of likely N-dealkylation sites (tertiary alicyclic amines) is 1. The third kappa shape index (κ3) is 12.0. The van der Waals surface area contributed by atoms with Gasteiger partial charge in [-0.05, 0) is 42.6 Å². The summed E-state index contributed by atoms with van der Waals surface area (Å²) in [6.07, 6.45) is 2.06. The zero-order valence-corrected chi connectivity index (χ0v) is 34.2. The summed E-state index contributed by atoms with van der Waals surface area (Å²) >= 11 is 0. The van der Waals surface area contributed by atoms with Crippen molar-refractivity contribution in [2.75, 3.05) is 60.5 Å². The number of hydrogen-bond acceptors (Lipinski definition) is 8. The van der Waals surface area contributed by atoms with E-state index in [-0.39, 0.29) is 59.9 Å². The molecule has 0 bridgehead atoms.